The molecule has 0 aliphatic heterocycles. The fourth-order valence-electron chi connectivity index (χ4n) is 4.14. The molecule has 0 aromatic heterocycles. The molecule has 0 aliphatic carbocycles. The number of hydrogen-bond acceptors (Lipinski definition) is 6. The Morgan fingerprint density at radius 1 is 0.604 bits per heavy atom. The van der Waals surface area contributed by atoms with Gasteiger partial charge in [-0.15, -0.1) is 0 Å². The molecule has 6 nitrogen and oxygen atoms in total. The SMILES string of the molecule is C=CC(=O)Oc1ccc(/C=C/c2ccc(C#Cc3ccc(/C=C/c4ccc(OC(=O)C(=C)C)cc4)cc3)c(OC(=O)C(=C)C)c2C)cc1. The standard InChI is InChI=1S/C42H34O6/c1-7-39(43)46-37-24-16-34(17-25-37)14-20-35-22-23-36(40(30(35)6)48-42(45)29(4)5)21-15-32-11-8-31(9-12-32)10-13-33-18-26-38(27-19-33)47-41(44)28(2)3/h7-14,16-20,22-27H,1-2,4H2,3,5-6H3/b13-10+,20-14+. The highest BCUT2D eigenvalue weighted by Gasteiger charge is 2.14. The fraction of sp³-hybridized carbons (Fsp3) is 0.0714. The van der Waals surface area contributed by atoms with Crippen LogP contribution in [-0.2, 0) is 14.4 Å². The van der Waals surface area contributed by atoms with E-state index < -0.39 is 17.9 Å². The van der Waals surface area contributed by atoms with Gasteiger partial charge in [-0.05, 0) is 85.5 Å². The number of carbonyl (C=O) groups is 3. The first kappa shape index (κ1) is 34.4. The maximum atomic E-state index is 12.5. The third-order valence-corrected chi connectivity index (χ3v) is 6.87. The topological polar surface area (TPSA) is 78.9 Å². The van der Waals surface area contributed by atoms with E-state index in [9.17, 15) is 14.4 Å². The average molecular weight is 635 g/mol. The van der Waals surface area contributed by atoms with Crippen LogP contribution in [0.2, 0.25) is 0 Å². The van der Waals surface area contributed by atoms with E-state index in [2.05, 4.69) is 31.6 Å². The number of carbonyl (C=O) groups excluding carboxylic acids is 3. The van der Waals surface area contributed by atoms with E-state index in [1.807, 2.05) is 91.9 Å². The van der Waals surface area contributed by atoms with Gasteiger partial charge in [0.1, 0.15) is 17.2 Å². The van der Waals surface area contributed by atoms with E-state index in [1.54, 1.807) is 38.1 Å². The summed E-state index contributed by atoms with van der Waals surface area (Å²) >= 11 is 0. The summed E-state index contributed by atoms with van der Waals surface area (Å²) in [6.07, 6.45) is 8.86. The summed E-state index contributed by atoms with van der Waals surface area (Å²) in [5, 5.41) is 0. The van der Waals surface area contributed by atoms with Gasteiger partial charge >= 0.3 is 17.9 Å². The van der Waals surface area contributed by atoms with Crippen molar-refractivity contribution in [1.82, 2.24) is 0 Å². The second-order valence-electron chi connectivity index (χ2n) is 10.8. The third-order valence-electron chi connectivity index (χ3n) is 6.87. The maximum absolute atomic E-state index is 12.5. The zero-order chi connectivity index (χ0) is 34.6. The molecular formula is C42H34O6. The van der Waals surface area contributed by atoms with Crippen LogP contribution in [0.4, 0.5) is 0 Å². The van der Waals surface area contributed by atoms with Gasteiger partial charge in [0.2, 0.25) is 0 Å². The fourth-order valence-corrected chi connectivity index (χ4v) is 4.14. The van der Waals surface area contributed by atoms with Gasteiger partial charge in [-0.2, -0.15) is 0 Å². The second-order valence-corrected chi connectivity index (χ2v) is 10.8. The Morgan fingerprint density at radius 2 is 1.08 bits per heavy atom. The summed E-state index contributed by atoms with van der Waals surface area (Å²) in [5.41, 5.74) is 6.36. The van der Waals surface area contributed by atoms with Crippen molar-refractivity contribution < 1.29 is 28.6 Å². The largest absolute Gasteiger partial charge is 0.423 e. The van der Waals surface area contributed by atoms with E-state index in [0.717, 1.165) is 39.5 Å². The molecular weight excluding hydrogens is 600 g/mol. The Hall–Kier alpha value is -6.45. The highest BCUT2D eigenvalue weighted by atomic mass is 16.5. The summed E-state index contributed by atoms with van der Waals surface area (Å²) in [5.74, 6) is 6.05. The number of benzene rings is 4. The molecule has 0 N–H and O–H groups in total. The van der Waals surface area contributed by atoms with Crippen LogP contribution in [0.5, 0.6) is 17.2 Å². The summed E-state index contributed by atoms with van der Waals surface area (Å²) in [4.78, 5) is 35.7. The lowest BCUT2D eigenvalue weighted by atomic mass is 10.0. The first-order chi connectivity index (χ1) is 23.0. The first-order valence-corrected chi connectivity index (χ1v) is 14.9. The highest BCUT2D eigenvalue weighted by Crippen LogP contribution is 2.29. The maximum Gasteiger partial charge on any atom is 0.338 e. The summed E-state index contributed by atoms with van der Waals surface area (Å²) in [6, 6.07) is 25.7. The average Bonchev–Trinajstić information content (AvgIpc) is 3.08. The lowest BCUT2D eigenvalue weighted by molar-refractivity contribution is -0.131. The molecule has 4 aromatic rings. The van der Waals surface area contributed by atoms with Gasteiger partial charge in [0.25, 0.3) is 0 Å². The molecule has 0 aliphatic rings. The van der Waals surface area contributed by atoms with Gasteiger partial charge in [0, 0.05) is 28.3 Å². The molecule has 0 heterocycles. The zero-order valence-electron chi connectivity index (χ0n) is 27.0. The van der Waals surface area contributed by atoms with Crippen LogP contribution in [0.25, 0.3) is 24.3 Å². The van der Waals surface area contributed by atoms with Crippen molar-refractivity contribution in [2.45, 2.75) is 20.8 Å². The summed E-state index contributed by atoms with van der Waals surface area (Å²) in [7, 11) is 0. The molecule has 0 bridgehead atoms. The van der Waals surface area contributed by atoms with E-state index in [-0.39, 0.29) is 5.57 Å². The van der Waals surface area contributed by atoms with Crippen molar-refractivity contribution in [3.8, 4) is 29.1 Å². The molecule has 0 amide bonds. The molecule has 4 rings (SSSR count). The highest BCUT2D eigenvalue weighted by molar-refractivity contribution is 5.90. The van der Waals surface area contributed by atoms with Crippen LogP contribution < -0.4 is 14.2 Å². The predicted octanol–water partition coefficient (Wildman–Crippen LogP) is 8.79. The minimum Gasteiger partial charge on any atom is -0.423 e. The van der Waals surface area contributed by atoms with Gasteiger partial charge in [-0.25, -0.2) is 14.4 Å². The van der Waals surface area contributed by atoms with Crippen LogP contribution in [0.15, 0.2) is 122 Å². The quantitative estimate of drug-likeness (QED) is 0.0571. The number of ether oxygens (including phenoxy) is 3. The van der Waals surface area contributed by atoms with Crippen molar-refractivity contribution in [3.63, 3.8) is 0 Å². The normalized spacial score (nSPS) is 10.6. The van der Waals surface area contributed by atoms with Gasteiger partial charge < -0.3 is 14.2 Å². The zero-order valence-corrected chi connectivity index (χ0v) is 27.0. The van der Waals surface area contributed by atoms with Gasteiger partial charge in [0.15, 0.2) is 0 Å². The van der Waals surface area contributed by atoms with Crippen molar-refractivity contribution in [3.05, 3.63) is 161 Å². The molecule has 6 heteroatoms. The van der Waals surface area contributed by atoms with Crippen molar-refractivity contribution in [1.29, 1.82) is 0 Å². The summed E-state index contributed by atoms with van der Waals surface area (Å²) in [6.45, 7) is 15.8. The van der Waals surface area contributed by atoms with E-state index in [4.69, 9.17) is 14.2 Å². The van der Waals surface area contributed by atoms with Crippen LogP contribution in [-0.4, -0.2) is 17.9 Å². The Kier molecular flexibility index (Phi) is 11.6. The lowest BCUT2D eigenvalue weighted by Crippen LogP contribution is -2.10. The summed E-state index contributed by atoms with van der Waals surface area (Å²) < 4.78 is 16.1. The second kappa shape index (κ2) is 16.2. The molecule has 0 atom stereocenters. The lowest BCUT2D eigenvalue weighted by Gasteiger charge is -2.12. The predicted molar refractivity (Wildman–Crippen MR) is 191 cm³/mol. The van der Waals surface area contributed by atoms with E-state index in [0.29, 0.717) is 28.4 Å². The third kappa shape index (κ3) is 9.77. The van der Waals surface area contributed by atoms with Crippen LogP contribution >= 0.6 is 0 Å². The Bertz CT molecular complexity index is 2000. The minimum atomic E-state index is -0.536. The molecule has 0 unspecified atom stereocenters. The Balaban J connectivity index is 1.50. The van der Waals surface area contributed by atoms with Gasteiger partial charge in [-0.3, -0.25) is 0 Å². The van der Waals surface area contributed by atoms with Crippen LogP contribution in [0.3, 0.4) is 0 Å². The van der Waals surface area contributed by atoms with Gasteiger partial charge in [-0.1, -0.05) is 98.3 Å². The molecule has 48 heavy (non-hydrogen) atoms. The molecule has 0 spiro atoms. The molecule has 4 aromatic carbocycles. The molecule has 0 saturated heterocycles. The van der Waals surface area contributed by atoms with Crippen molar-refractivity contribution in [2.24, 2.45) is 0 Å². The Morgan fingerprint density at radius 3 is 1.60 bits per heavy atom. The molecule has 0 fully saturated rings. The molecule has 238 valence electrons. The van der Waals surface area contributed by atoms with E-state index >= 15 is 0 Å². The number of hydrogen-bond donors (Lipinski definition) is 0. The Labute approximate surface area is 281 Å². The van der Waals surface area contributed by atoms with Crippen LogP contribution in [0.1, 0.15) is 52.8 Å². The van der Waals surface area contributed by atoms with E-state index in [1.165, 1.54) is 0 Å². The monoisotopic (exact) mass is 634 g/mol. The number of rotatable bonds is 10. The van der Waals surface area contributed by atoms with Crippen molar-refractivity contribution >= 4 is 42.2 Å². The molecule has 0 saturated carbocycles. The van der Waals surface area contributed by atoms with Crippen molar-refractivity contribution in [2.75, 3.05) is 0 Å². The van der Waals surface area contributed by atoms with Crippen LogP contribution in [0, 0.1) is 18.8 Å². The molecule has 0 radical (unpaired) electrons. The number of esters is 3. The first-order valence-electron chi connectivity index (χ1n) is 14.9. The van der Waals surface area contributed by atoms with Gasteiger partial charge in [0.05, 0.1) is 5.56 Å². The minimum absolute atomic E-state index is 0.275. The smallest absolute Gasteiger partial charge is 0.338 e.